The molecule has 7 rings (SSSR count). The van der Waals surface area contributed by atoms with Gasteiger partial charge in [-0.15, -0.1) is 0 Å². The number of imidazole rings is 1. The Morgan fingerprint density at radius 2 is 1.72 bits per heavy atom. The Kier molecular flexibility index (Phi) is 5.46. The molecule has 2 saturated heterocycles. The second-order valence-electron chi connectivity index (χ2n) is 9.53. The maximum atomic E-state index is 15.6. The van der Waals surface area contributed by atoms with E-state index in [0.717, 1.165) is 17.5 Å². The Morgan fingerprint density at radius 3 is 2.44 bits per heavy atom. The van der Waals surface area contributed by atoms with E-state index in [1.807, 2.05) is 24.3 Å². The van der Waals surface area contributed by atoms with Crippen molar-refractivity contribution in [1.29, 1.82) is 5.41 Å². The minimum absolute atomic E-state index is 0.00502. The lowest BCUT2D eigenvalue weighted by atomic mass is 9.99. The molecule has 0 radical (unpaired) electrons. The van der Waals surface area contributed by atoms with Crippen molar-refractivity contribution in [1.82, 2.24) is 24.7 Å². The number of benzene rings is 3. The topological polar surface area (TPSA) is 140 Å². The molecule has 0 saturated carbocycles. The Bertz CT molecular complexity index is 1740. The second-order valence-corrected chi connectivity index (χ2v) is 9.53. The number of aromatic nitrogens is 5. The van der Waals surface area contributed by atoms with E-state index in [9.17, 15) is 0 Å². The molecule has 3 aromatic carbocycles. The number of rotatable bonds is 5. The fraction of sp³-hybridized carbons (Fsp3) is 0.222. The third-order valence-electron chi connectivity index (χ3n) is 7.13. The van der Waals surface area contributed by atoms with Gasteiger partial charge in [0.15, 0.2) is 11.9 Å². The summed E-state index contributed by atoms with van der Waals surface area (Å²) in [4.78, 5) is 11.0. The molecule has 5 N–H and O–H groups in total. The largest absolute Gasteiger partial charge is 0.456 e. The van der Waals surface area contributed by atoms with Crippen LogP contribution in [0.25, 0.3) is 39.0 Å². The monoisotopic (exact) mass is 531 g/mol. The van der Waals surface area contributed by atoms with Gasteiger partial charge in [-0.1, -0.05) is 36.4 Å². The summed E-state index contributed by atoms with van der Waals surface area (Å²) in [5.41, 5.74) is 8.47. The molecule has 1 unspecified atom stereocenters. The highest BCUT2D eigenvalue weighted by molar-refractivity contribution is 5.84. The highest BCUT2D eigenvalue weighted by Gasteiger charge is 2.43. The van der Waals surface area contributed by atoms with Crippen LogP contribution in [0.5, 0.6) is 6.01 Å². The lowest BCUT2D eigenvalue weighted by Gasteiger charge is -2.15. The summed E-state index contributed by atoms with van der Waals surface area (Å²) in [5.74, 6) is -1.33. The van der Waals surface area contributed by atoms with E-state index in [4.69, 9.17) is 25.4 Å². The van der Waals surface area contributed by atoms with E-state index >= 15 is 8.78 Å². The molecule has 2 aliphatic rings. The van der Waals surface area contributed by atoms with Crippen LogP contribution in [-0.4, -0.2) is 56.3 Å². The molecule has 2 fully saturated rings. The van der Waals surface area contributed by atoms with Crippen molar-refractivity contribution in [3.8, 4) is 34.0 Å². The van der Waals surface area contributed by atoms with Crippen LogP contribution in [0.2, 0.25) is 0 Å². The van der Waals surface area contributed by atoms with Crippen molar-refractivity contribution in [2.45, 2.75) is 24.7 Å². The van der Waals surface area contributed by atoms with E-state index in [1.54, 1.807) is 24.3 Å². The quantitative estimate of drug-likeness (QED) is 0.273. The number of anilines is 1. The molecular weight excluding hydrogens is 508 g/mol. The fourth-order valence-corrected chi connectivity index (χ4v) is 5.23. The molecule has 39 heavy (non-hydrogen) atoms. The summed E-state index contributed by atoms with van der Waals surface area (Å²) in [6.45, 7) is 0.959. The number of nitrogen functional groups attached to an aromatic ring is 1. The molecule has 0 amide bonds. The van der Waals surface area contributed by atoms with Crippen LogP contribution in [0.3, 0.4) is 0 Å². The highest BCUT2D eigenvalue weighted by atomic mass is 19.1. The maximum absolute atomic E-state index is 15.6. The van der Waals surface area contributed by atoms with Gasteiger partial charge in [0.25, 0.3) is 6.01 Å². The first-order valence-corrected chi connectivity index (χ1v) is 12.4. The number of hydrogen-bond donors (Lipinski definition) is 4. The standard InChI is InChI=1S/C27H23F2N7O3/c28-17-11-18-23(33-27(32-18)39-20-12-38-19-9-10-37-24(19)20)22(29)21(17)15-3-1-13(2-4-15)14-5-7-16(8-6-14)36-26(31)34-25(30)35-36/h1-8,11,19-20,24H,9-10,12H2,(H,32,33)(H4,30,31,34,35)/t19-,20?,24+/m1/s1. The lowest BCUT2D eigenvalue weighted by Crippen LogP contribution is -2.32. The molecule has 12 heteroatoms. The van der Waals surface area contributed by atoms with Gasteiger partial charge in [0.05, 0.1) is 29.5 Å². The van der Waals surface area contributed by atoms with Crippen LogP contribution in [0.15, 0.2) is 54.6 Å². The first-order chi connectivity index (χ1) is 18.9. The van der Waals surface area contributed by atoms with E-state index in [1.165, 1.54) is 10.7 Å². The Hall–Kier alpha value is -4.55. The smallest absolute Gasteiger partial charge is 0.295 e. The Labute approximate surface area is 219 Å². The van der Waals surface area contributed by atoms with Gasteiger partial charge >= 0.3 is 0 Å². The van der Waals surface area contributed by atoms with E-state index < -0.39 is 11.6 Å². The van der Waals surface area contributed by atoms with Crippen molar-refractivity contribution in [3.63, 3.8) is 0 Å². The van der Waals surface area contributed by atoms with Crippen LogP contribution >= 0.6 is 0 Å². The number of nitrogens with one attached hydrogen (secondary N) is 3. The van der Waals surface area contributed by atoms with Crippen LogP contribution in [-0.2, 0) is 9.47 Å². The first kappa shape index (κ1) is 23.6. The number of hydrogen-bond acceptors (Lipinski definition) is 7. The van der Waals surface area contributed by atoms with Crippen LogP contribution in [0.4, 0.5) is 14.7 Å². The molecule has 3 atom stereocenters. The van der Waals surface area contributed by atoms with Gasteiger partial charge < -0.3 is 24.9 Å². The minimum atomic E-state index is -0.770. The second kappa shape index (κ2) is 9.03. The van der Waals surface area contributed by atoms with E-state index in [2.05, 4.69) is 20.1 Å². The molecule has 4 heterocycles. The highest BCUT2D eigenvalue weighted by Crippen LogP contribution is 2.34. The van der Waals surface area contributed by atoms with Crippen molar-refractivity contribution in [2.75, 3.05) is 18.9 Å². The number of fused-ring (bicyclic) bond motifs is 2. The summed E-state index contributed by atoms with van der Waals surface area (Å²) in [6.07, 6.45) is 0.247. The number of nitrogens with zero attached hydrogens (tertiary/aromatic N) is 3. The summed E-state index contributed by atoms with van der Waals surface area (Å²) in [7, 11) is 0. The SMILES string of the molecule is N=c1nc(N)[nH]n1-c1ccc(-c2ccc(-c3c(F)cc4[nH]c(OC5CO[C@@H]6CCO[C@H]56)nc4c3F)cc2)cc1. The van der Waals surface area contributed by atoms with Crippen LogP contribution < -0.4 is 16.1 Å². The van der Waals surface area contributed by atoms with Crippen molar-refractivity contribution in [3.05, 3.63) is 71.8 Å². The molecule has 10 nitrogen and oxygen atoms in total. The van der Waals surface area contributed by atoms with Gasteiger partial charge in [-0.3, -0.25) is 10.5 Å². The zero-order valence-electron chi connectivity index (χ0n) is 20.4. The van der Waals surface area contributed by atoms with E-state index in [0.29, 0.717) is 24.5 Å². The molecule has 0 spiro atoms. The minimum Gasteiger partial charge on any atom is -0.456 e. The molecule has 0 aliphatic carbocycles. The normalized spacial score (nSPS) is 20.5. The first-order valence-electron chi connectivity index (χ1n) is 12.4. The third kappa shape index (κ3) is 4.04. The average molecular weight is 532 g/mol. The van der Waals surface area contributed by atoms with Crippen molar-refractivity contribution in [2.24, 2.45) is 0 Å². The predicted octanol–water partition coefficient (Wildman–Crippen LogP) is 3.69. The number of nitrogens with two attached hydrogens (primary N) is 1. The van der Waals surface area contributed by atoms with Gasteiger partial charge in [-0.25, -0.2) is 13.5 Å². The molecule has 5 aromatic rings. The van der Waals surface area contributed by atoms with Gasteiger partial charge in [0.1, 0.15) is 17.4 Å². The number of ether oxygens (including phenoxy) is 3. The molecule has 2 aromatic heterocycles. The number of halogens is 2. The van der Waals surface area contributed by atoms with Crippen molar-refractivity contribution < 1.29 is 23.0 Å². The Morgan fingerprint density at radius 1 is 1.00 bits per heavy atom. The maximum Gasteiger partial charge on any atom is 0.295 e. The van der Waals surface area contributed by atoms with Gasteiger partial charge in [-0.2, -0.15) is 9.97 Å². The van der Waals surface area contributed by atoms with Crippen LogP contribution in [0.1, 0.15) is 6.42 Å². The van der Waals surface area contributed by atoms with Gasteiger partial charge in [0, 0.05) is 12.7 Å². The summed E-state index contributed by atoms with van der Waals surface area (Å²) < 4.78 is 49.4. The molecular formula is C27H23F2N7O3. The summed E-state index contributed by atoms with van der Waals surface area (Å²) in [5, 5.41) is 10.7. The molecule has 0 bridgehead atoms. The fourth-order valence-electron chi connectivity index (χ4n) is 5.23. The summed E-state index contributed by atoms with van der Waals surface area (Å²) in [6, 6.07) is 15.6. The molecule has 198 valence electrons. The Balaban J connectivity index is 1.15. The van der Waals surface area contributed by atoms with Crippen LogP contribution in [0, 0.1) is 17.0 Å². The summed E-state index contributed by atoms with van der Waals surface area (Å²) >= 11 is 0. The zero-order valence-corrected chi connectivity index (χ0v) is 20.4. The van der Waals surface area contributed by atoms with Crippen molar-refractivity contribution >= 4 is 17.0 Å². The number of H-pyrrole nitrogens is 2. The van der Waals surface area contributed by atoms with Gasteiger partial charge in [0.2, 0.25) is 11.6 Å². The lowest BCUT2D eigenvalue weighted by molar-refractivity contribution is 0.0273. The average Bonchev–Trinajstić information content (AvgIpc) is 3.70. The number of aromatic amines is 2. The zero-order chi connectivity index (χ0) is 26.7. The predicted molar refractivity (Wildman–Crippen MR) is 137 cm³/mol. The molecule has 2 aliphatic heterocycles. The van der Waals surface area contributed by atoms with E-state index in [-0.39, 0.29) is 52.5 Å². The third-order valence-corrected chi connectivity index (χ3v) is 7.13. The van der Waals surface area contributed by atoms with Gasteiger partial charge in [-0.05, 0) is 35.2 Å².